The first-order chi connectivity index (χ1) is 41.3. The number of aliphatic hydroxyl groups excluding tert-OH is 1. The molecule has 3 aliphatic rings. The number of hydrogen-bond donors (Lipinski definition) is 3. The maximum atomic E-state index is 15.0. The summed E-state index contributed by atoms with van der Waals surface area (Å²) in [5.74, 6) is -4.82. The molecule has 3 aliphatic heterocycles. The Morgan fingerprint density at radius 2 is 1.43 bits per heavy atom. The summed E-state index contributed by atoms with van der Waals surface area (Å²) in [6, 6.07) is 16.6. The maximum Gasteiger partial charge on any atom is 0.330 e. The molecule has 6 amide bonds. The Balaban J connectivity index is 1.31. The number of carbonyl (C=O) groups excluding carboxylic acids is 9. The van der Waals surface area contributed by atoms with Crippen molar-refractivity contribution in [2.24, 2.45) is 17.3 Å². The second-order valence-electron chi connectivity index (χ2n) is 24.5. The number of fused-ring (bicyclic) bond motifs is 4. The number of hydrogen-bond acceptors (Lipinski definition) is 15. The molecule has 21 nitrogen and oxygen atoms in total. The van der Waals surface area contributed by atoms with E-state index >= 15 is 0 Å². The summed E-state index contributed by atoms with van der Waals surface area (Å²) in [6.45, 7) is 10.6. The monoisotopic (exact) mass is 1210 g/mol. The highest BCUT2D eigenvalue weighted by Crippen LogP contribution is 2.33. The lowest BCUT2D eigenvalue weighted by molar-refractivity contribution is -0.165. The van der Waals surface area contributed by atoms with E-state index in [1.54, 1.807) is 51.5 Å². The fourth-order valence-corrected chi connectivity index (χ4v) is 11.6. The van der Waals surface area contributed by atoms with Crippen LogP contribution < -0.4 is 20.1 Å². The number of ether oxygens (including phenoxy) is 4. The number of aliphatic hydroxyl groups is 1. The Morgan fingerprint density at radius 1 is 0.724 bits per heavy atom. The number of amides is 6. The van der Waals surface area contributed by atoms with Gasteiger partial charge in [-0.1, -0.05) is 82.3 Å². The number of ketones is 1. The molecule has 1 unspecified atom stereocenters. The number of anilines is 1. The smallest absolute Gasteiger partial charge is 0.330 e. The highest BCUT2D eigenvalue weighted by Gasteiger charge is 2.45. The van der Waals surface area contributed by atoms with E-state index in [0.29, 0.717) is 61.3 Å². The molecular formula is C66H91N7O14. The van der Waals surface area contributed by atoms with E-state index in [-0.39, 0.29) is 70.0 Å². The zero-order chi connectivity index (χ0) is 63.7. The predicted molar refractivity (Wildman–Crippen MR) is 327 cm³/mol. The van der Waals surface area contributed by atoms with E-state index < -0.39 is 108 Å². The number of rotatable bonds is 10. The normalized spacial score (nSPS) is 24.4. The van der Waals surface area contributed by atoms with E-state index in [9.17, 15) is 48.3 Å². The SMILES string of the molecule is COc1ccc(CC[C@H]2OC(=O)[C@@H]3CCCCN3C(=O)C(=O)C(C)(C)COC(=O)C=CCCN(C)C(=O)[C@@H]3CCCN3C(=O)[C@H](C(C)C)N(C)C(=O)[C@@H](Cc3ccccc3)NC(O)[C@H](CC(C)C)N(C)C(=O)CCC(=O)Nc3cccc2c3)cc1OC. The third kappa shape index (κ3) is 18.4. The number of cyclic esters (lactones) is 2. The maximum absolute atomic E-state index is 15.0. The molecule has 7 atom stereocenters. The summed E-state index contributed by atoms with van der Waals surface area (Å²) >= 11 is 0. The number of likely N-dealkylation sites (N-methyl/N-ethyl adjacent to an activating group) is 3. The molecule has 2 saturated heterocycles. The van der Waals surface area contributed by atoms with Crippen LogP contribution in [-0.4, -0.2) is 181 Å². The van der Waals surface area contributed by atoms with Crippen LogP contribution in [0, 0.1) is 17.3 Å². The van der Waals surface area contributed by atoms with Crippen LogP contribution in [0.4, 0.5) is 5.69 Å². The van der Waals surface area contributed by atoms with Crippen LogP contribution in [0.15, 0.2) is 84.9 Å². The van der Waals surface area contributed by atoms with Gasteiger partial charge in [-0.05, 0) is 131 Å². The van der Waals surface area contributed by atoms with Crippen LogP contribution in [-0.2, 0) is 65.5 Å². The number of esters is 2. The van der Waals surface area contributed by atoms with Gasteiger partial charge in [0, 0.05) is 65.4 Å². The van der Waals surface area contributed by atoms with Gasteiger partial charge in [-0.25, -0.2) is 9.59 Å². The Morgan fingerprint density at radius 3 is 2.11 bits per heavy atom. The molecule has 3 aromatic rings. The van der Waals surface area contributed by atoms with Crippen molar-refractivity contribution in [1.29, 1.82) is 0 Å². The minimum absolute atomic E-state index is 0.0283. The first kappa shape index (κ1) is 68.5. The van der Waals surface area contributed by atoms with E-state index in [4.69, 9.17) is 18.9 Å². The molecule has 0 aromatic heterocycles. The van der Waals surface area contributed by atoms with E-state index in [2.05, 4.69) is 10.6 Å². The number of nitrogens with one attached hydrogen (secondary N) is 2. The number of nitrogens with zero attached hydrogens (tertiary/aromatic N) is 5. The average molecular weight is 1210 g/mol. The molecule has 0 radical (unpaired) electrons. The molecule has 3 aromatic carbocycles. The molecule has 21 heteroatoms. The Kier molecular flexibility index (Phi) is 25.1. The minimum atomic E-state index is -1.49. The van der Waals surface area contributed by atoms with Gasteiger partial charge in [0.1, 0.15) is 37.1 Å². The third-order valence-corrected chi connectivity index (χ3v) is 16.6. The van der Waals surface area contributed by atoms with E-state index in [1.807, 2.05) is 70.2 Å². The zero-order valence-electron chi connectivity index (χ0n) is 52.6. The lowest BCUT2D eigenvalue weighted by Gasteiger charge is -2.39. The Hall–Kier alpha value is -7.65. The molecular weight excluding hydrogens is 1110 g/mol. The van der Waals surface area contributed by atoms with Gasteiger partial charge in [-0.2, -0.15) is 0 Å². The second kappa shape index (κ2) is 31.8. The standard InChI is InChI=1S/C66H91N7O14/c1-42(2)37-51-60(78)68-48(38-44-21-13-12-14-22-44)61(79)71(9)58(43(3)4)63(81)72-36-20-26-49(72)62(80)69(7)34-17-16-27-57(76)86-41-66(5,6)59(77)64(82)73-35-18-15-25-50(73)65(83)87-52(30-28-45-29-31-53(84-10)54(39-45)85-11)46-23-19-24-47(40-46)67-55(74)32-33-56(75)70(51)8/h12-14,16,19,21-24,27,29,31,39-40,42-43,48-52,58,60,68,78H,15,17-18,20,25-26,28,30,32-38,41H2,1-11H3,(H,67,74)/t48-,49+,50+,51+,52-,58+,60?/m1/s1. The summed E-state index contributed by atoms with van der Waals surface area (Å²) in [5, 5.41) is 18.2. The Labute approximate surface area is 512 Å². The van der Waals surface area contributed by atoms with E-state index in [0.717, 1.165) is 11.1 Å². The van der Waals surface area contributed by atoms with Gasteiger partial charge >= 0.3 is 11.9 Å². The van der Waals surface area contributed by atoms with Crippen molar-refractivity contribution in [1.82, 2.24) is 29.8 Å². The van der Waals surface area contributed by atoms with Crippen LogP contribution >= 0.6 is 0 Å². The van der Waals surface area contributed by atoms with Gasteiger partial charge in [0.25, 0.3) is 5.91 Å². The van der Waals surface area contributed by atoms with Gasteiger partial charge in [0.2, 0.25) is 35.3 Å². The molecule has 2 bridgehead atoms. The fourth-order valence-electron chi connectivity index (χ4n) is 11.6. The number of carbonyl (C=O) groups is 9. The molecule has 87 heavy (non-hydrogen) atoms. The molecule has 3 heterocycles. The molecule has 3 N–H and O–H groups in total. The first-order valence-electron chi connectivity index (χ1n) is 30.4. The quantitative estimate of drug-likeness (QED) is 0.146. The topological polar surface area (TPSA) is 251 Å². The van der Waals surface area contributed by atoms with Crippen LogP contribution in [0.25, 0.3) is 0 Å². The van der Waals surface area contributed by atoms with Gasteiger partial charge in [-0.3, -0.25) is 38.9 Å². The highest BCUT2D eigenvalue weighted by molar-refractivity contribution is 6.38. The number of Topliss-reactive ketones (excluding diaryl/α,β-unsaturated/α-hetero) is 1. The van der Waals surface area contributed by atoms with Crippen molar-refractivity contribution < 1.29 is 67.2 Å². The molecule has 2 fully saturated rings. The van der Waals surface area contributed by atoms with Crippen molar-refractivity contribution in [3.05, 3.63) is 102 Å². The van der Waals surface area contributed by atoms with Crippen LogP contribution in [0.1, 0.15) is 129 Å². The van der Waals surface area contributed by atoms with Gasteiger partial charge < -0.3 is 53.9 Å². The van der Waals surface area contributed by atoms with Gasteiger partial charge in [-0.15, -0.1) is 0 Å². The van der Waals surface area contributed by atoms with Crippen molar-refractivity contribution in [3.63, 3.8) is 0 Å². The molecule has 474 valence electrons. The van der Waals surface area contributed by atoms with Crippen LogP contribution in [0.5, 0.6) is 11.5 Å². The number of methoxy groups -OCH3 is 2. The van der Waals surface area contributed by atoms with Crippen molar-refractivity contribution in [2.75, 3.05) is 66.9 Å². The van der Waals surface area contributed by atoms with Gasteiger partial charge in [0.05, 0.1) is 31.7 Å². The molecule has 6 rings (SSSR count). The number of piperidine rings is 1. The summed E-state index contributed by atoms with van der Waals surface area (Å²) in [5.41, 5.74) is 0.989. The van der Waals surface area contributed by atoms with Crippen molar-refractivity contribution >= 4 is 58.9 Å². The number of benzene rings is 3. The predicted octanol–water partition coefficient (Wildman–Crippen LogP) is 6.44. The third-order valence-electron chi connectivity index (χ3n) is 16.6. The summed E-state index contributed by atoms with van der Waals surface area (Å²) < 4.78 is 22.8. The highest BCUT2D eigenvalue weighted by atomic mass is 16.5. The summed E-state index contributed by atoms with van der Waals surface area (Å²) in [4.78, 5) is 135. The Bertz CT molecular complexity index is 2930. The lowest BCUT2D eigenvalue weighted by atomic mass is 9.87. The summed E-state index contributed by atoms with van der Waals surface area (Å²) in [6.07, 6.45) is 3.44. The molecule has 0 aliphatic carbocycles. The first-order valence-corrected chi connectivity index (χ1v) is 30.4. The molecule has 0 saturated carbocycles. The average Bonchev–Trinajstić information content (AvgIpc) is 2.19. The fraction of sp³-hybridized carbons (Fsp3) is 0.561. The summed E-state index contributed by atoms with van der Waals surface area (Å²) in [7, 11) is 7.77. The lowest BCUT2D eigenvalue weighted by Crippen LogP contribution is -2.61. The van der Waals surface area contributed by atoms with Crippen LogP contribution in [0.2, 0.25) is 0 Å². The van der Waals surface area contributed by atoms with Crippen molar-refractivity contribution in [2.45, 2.75) is 161 Å². The number of aryl methyl sites for hydroxylation is 1. The largest absolute Gasteiger partial charge is 0.493 e. The minimum Gasteiger partial charge on any atom is -0.493 e. The zero-order valence-corrected chi connectivity index (χ0v) is 52.6. The van der Waals surface area contributed by atoms with Crippen LogP contribution in [0.3, 0.4) is 0 Å². The van der Waals surface area contributed by atoms with Crippen molar-refractivity contribution in [3.8, 4) is 11.5 Å². The van der Waals surface area contributed by atoms with E-state index in [1.165, 1.54) is 64.7 Å². The van der Waals surface area contributed by atoms with Gasteiger partial charge in [0.15, 0.2) is 11.5 Å². The second-order valence-corrected chi connectivity index (χ2v) is 24.5. The molecule has 0 spiro atoms.